The lowest BCUT2D eigenvalue weighted by Crippen LogP contribution is -2.42. The highest BCUT2D eigenvalue weighted by molar-refractivity contribution is 7.92. The molecule has 10 heteroatoms. The maximum absolute atomic E-state index is 13.2. The van der Waals surface area contributed by atoms with Crippen molar-refractivity contribution >= 4 is 34.0 Å². The van der Waals surface area contributed by atoms with Crippen LogP contribution in [0.4, 0.5) is 5.69 Å². The van der Waals surface area contributed by atoms with Gasteiger partial charge in [0, 0.05) is 24.2 Å². The van der Waals surface area contributed by atoms with E-state index in [-0.39, 0.29) is 41.8 Å². The number of nitrogens with one attached hydrogen (secondary N) is 2. The molecule has 2 atom stereocenters. The summed E-state index contributed by atoms with van der Waals surface area (Å²) in [5.74, 6) is 0.443. The quantitative estimate of drug-likeness (QED) is 0.750. The van der Waals surface area contributed by atoms with Crippen LogP contribution in [-0.2, 0) is 10.0 Å². The molecular weight excluding hydrogens is 394 g/mol. The average Bonchev–Trinajstić information content (AvgIpc) is 2.84. The van der Waals surface area contributed by atoms with E-state index in [9.17, 15) is 13.2 Å². The minimum absolute atomic E-state index is 0. The summed E-state index contributed by atoms with van der Waals surface area (Å²) in [6.07, 6.45) is 3.95. The highest BCUT2D eigenvalue weighted by Gasteiger charge is 2.38. The molecule has 2 fully saturated rings. The summed E-state index contributed by atoms with van der Waals surface area (Å²) in [6, 6.07) is 3.49. The fourth-order valence-electron chi connectivity index (χ4n) is 3.83. The predicted octanol–water partition coefficient (Wildman–Crippen LogP) is 1.46. The molecule has 3 rings (SSSR count). The van der Waals surface area contributed by atoms with E-state index in [1.54, 1.807) is 6.07 Å². The molecule has 2 heterocycles. The van der Waals surface area contributed by atoms with Crippen LogP contribution in [-0.4, -0.2) is 64.9 Å². The van der Waals surface area contributed by atoms with Crippen molar-refractivity contribution in [3.8, 4) is 11.5 Å². The Hall–Kier alpha value is -1.71. The third kappa shape index (κ3) is 4.59. The van der Waals surface area contributed by atoms with Gasteiger partial charge in [-0.2, -0.15) is 0 Å². The number of hydrogen-bond donors (Lipinski definition) is 2. The van der Waals surface area contributed by atoms with Gasteiger partial charge in [0.05, 0.1) is 26.2 Å². The van der Waals surface area contributed by atoms with E-state index in [0.717, 1.165) is 38.6 Å². The maximum Gasteiger partial charge on any atom is 0.254 e. The van der Waals surface area contributed by atoms with Gasteiger partial charge in [0.15, 0.2) is 11.5 Å². The van der Waals surface area contributed by atoms with Crippen LogP contribution in [0.3, 0.4) is 0 Å². The first-order valence-corrected chi connectivity index (χ1v) is 10.5. The van der Waals surface area contributed by atoms with Crippen LogP contribution in [0.15, 0.2) is 12.1 Å². The van der Waals surface area contributed by atoms with Crippen molar-refractivity contribution in [2.45, 2.75) is 31.3 Å². The van der Waals surface area contributed by atoms with Gasteiger partial charge in [-0.3, -0.25) is 9.52 Å². The Bertz CT molecular complexity index is 788. The van der Waals surface area contributed by atoms with Crippen LogP contribution in [0.5, 0.6) is 11.5 Å². The zero-order chi connectivity index (χ0) is 18.9. The summed E-state index contributed by atoms with van der Waals surface area (Å²) in [7, 11) is -0.659. The van der Waals surface area contributed by atoms with E-state index in [0.29, 0.717) is 11.3 Å². The molecular formula is C17H26ClN3O5S. The molecule has 0 radical (unpaired) electrons. The van der Waals surface area contributed by atoms with E-state index in [2.05, 4.69) is 10.0 Å². The first-order chi connectivity index (χ1) is 12.3. The highest BCUT2D eigenvalue weighted by Crippen LogP contribution is 2.38. The van der Waals surface area contributed by atoms with E-state index >= 15 is 0 Å². The lowest BCUT2D eigenvalue weighted by molar-refractivity contribution is 0.0680. The number of methoxy groups -OCH3 is 2. The summed E-state index contributed by atoms with van der Waals surface area (Å²) < 4.78 is 36.4. The molecule has 2 aliphatic heterocycles. The van der Waals surface area contributed by atoms with Gasteiger partial charge in [-0.25, -0.2) is 8.42 Å². The zero-order valence-corrected chi connectivity index (χ0v) is 17.3. The summed E-state index contributed by atoms with van der Waals surface area (Å²) in [6.45, 7) is 1.68. The summed E-state index contributed by atoms with van der Waals surface area (Å²) in [4.78, 5) is 15.2. The highest BCUT2D eigenvalue weighted by atomic mass is 35.5. The van der Waals surface area contributed by atoms with Gasteiger partial charge in [0.1, 0.15) is 0 Å². The molecule has 2 N–H and O–H groups in total. The van der Waals surface area contributed by atoms with Gasteiger partial charge in [-0.05, 0) is 37.9 Å². The lowest BCUT2D eigenvalue weighted by atomic mass is 10.1. The van der Waals surface area contributed by atoms with Crippen molar-refractivity contribution in [1.82, 2.24) is 10.2 Å². The molecule has 2 aliphatic rings. The molecule has 0 saturated carbocycles. The Morgan fingerprint density at radius 3 is 2.52 bits per heavy atom. The summed E-state index contributed by atoms with van der Waals surface area (Å²) in [5, 5.41) is 3.37. The summed E-state index contributed by atoms with van der Waals surface area (Å²) in [5.41, 5.74) is 0.575. The second kappa shape index (κ2) is 8.53. The van der Waals surface area contributed by atoms with Crippen LogP contribution in [0.1, 0.15) is 29.6 Å². The minimum Gasteiger partial charge on any atom is -0.493 e. The molecule has 1 aromatic carbocycles. The van der Waals surface area contributed by atoms with Crippen molar-refractivity contribution < 1.29 is 22.7 Å². The fraction of sp³-hybridized carbons (Fsp3) is 0.588. The third-order valence-electron chi connectivity index (χ3n) is 4.91. The molecule has 2 bridgehead atoms. The topological polar surface area (TPSA) is 97.0 Å². The first kappa shape index (κ1) is 21.6. The zero-order valence-electron chi connectivity index (χ0n) is 15.6. The fourth-order valence-corrected chi connectivity index (χ4v) is 4.38. The number of hydrogen-bond acceptors (Lipinski definition) is 6. The van der Waals surface area contributed by atoms with Crippen LogP contribution in [0.2, 0.25) is 0 Å². The number of rotatable bonds is 5. The van der Waals surface area contributed by atoms with Gasteiger partial charge in [0.2, 0.25) is 10.0 Å². The molecule has 2 unspecified atom stereocenters. The molecule has 152 valence electrons. The van der Waals surface area contributed by atoms with Crippen molar-refractivity contribution in [1.29, 1.82) is 0 Å². The van der Waals surface area contributed by atoms with Crippen LogP contribution >= 0.6 is 12.4 Å². The number of nitrogens with zero attached hydrogens (tertiary/aromatic N) is 1. The second-order valence-electron chi connectivity index (χ2n) is 6.72. The van der Waals surface area contributed by atoms with Gasteiger partial charge in [-0.1, -0.05) is 0 Å². The average molecular weight is 420 g/mol. The molecule has 1 amide bonds. The van der Waals surface area contributed by atoms with E-state index in [4.69, 9.17) is 9.47 Å². The Kier molecular flexibility index (Phi) is 6.82. The van der Waals surface area contributed by atoms with E-state index in [1.165, 1.54) is 20.3 Å². The lowest BCUT2D eigenvalue weighted by Gasteiger charge is -2.28. The maximum atomic E-state index is 13.2. The van der Waals surface area contributed by atoms with Gasteiger partial charge in [-0.15, -0.1) is 12.4 Å². The Balaban J connectivity index is 0.00000261. The normalized spacial score (nSPS) is 21.8. The Morgan fingerprint density at radius 2 is 1.89 bits per heavy atom. The predicted molar refractivity (Wildman–Crippen MR) is 106 cm³/mol. The number of halogens is 1. The number of fused-ring (bicyclic) bond motifs is 2. The van der Waals surface area contributed by atoms with E-state index < -0.39 is 10.0 Å². The van der Waals surface area contributed by atoms with Gasteiger partial charge in [0.25, 0.3) is 5.91 Å². The van der Waals surface area contributed by atoms with Crippen molar-refractivity contribution in [2.75, 3.05) is 38.3 Å². The monoisotopic (exact) mass is 419 g/mol. The molecule has 0 aliphatic carbocycles. The van der Waals surface area contributed by atoms with Crippen LogP contribution < -0.4 is 19.5 Å². The molecule has 2 saturated heterocycles. The third-order valence-corrected chi connectivity index (χ3v) is 5.50. The molecule has 8 nitrogen and oxygen atoms in total. The first-order valence-electron chi connectivity index (χ1n) is 8.61. The molecule has 27 heavy (non-hydrogen) atoms. The minimum atomic E-state index is -3.54. The standard InChI is InChI=1S/C17H25N3O5S.ClH/c1-24-15-9-11(8-14(16(15)25-2)19-26(3,22)23)17(21)20-12-4-5-13(20)10-18-7-6-12;/h8-9,12-13,18-19H,4-7,10H2,1-3H3;1H. The number of sulfonamides is 1. The number of amides is 1. The second-order valence-corrected chi connectivity index (χ2v) is 8.47. The SMILES string of the molecule is COc1cc(C(=O)N2C3CCNCC2CC3)cc(NS(C)(=O)=O)c1OC.Cl. The van der Waals surface area contributed by atoms with Gasteiger partial charge < -0.3 is 19.7 Å². The number of carbonyl (C=O) groups excluding carboxylic acids is 1. The molecule has 0 aromatic heterocycles. The van der Waals surface area contributed by atoms with Crippen LogP contribution in [0, 0.1) is 0 Å². The molecule has 0 spiro atoms. The summed E-state index contributed by atoms with van der Waals surface area (Å²) >= 11 is 0. The van der Waals surface area contributed by atoms with Crippen molar-refractivity contribution in [3.05, 3.63) is 17.7 Å². The van der Waals surface area contributed by atoms with E-state index in [1.807, 2.05) is 4.90 Å². The number of carbonyl (C=O) groups is 1. The number of anilines is 1. The number of benzene rings is 1. The van der Waals surface area contributed by atoms with Crippen molar-refractivity contribution in [2.24, 2.45) is 0 Å². The smallest absolute Gasteiger partial charge is 0.254 e. The number of ether oxygens (including phenoxy) is 2. The van der Waals surface area contributed by atoms with Gasteiger partial charge >= 0.3 is 0 Å². The Morgan fingerprint density at radius 1 is 1.19 bits per heavy atom. The largest absolute Gasteiger partial charge is 0.493 e. The Labute approximate surface area is 166 Å². The molecule has 1 aromatic rings. The van der Waals surface area contributed by atoms with Crippen molar-refractivity contribution in [3.63, 3.8) is 0 Å². The van der Waals surface area contributed by atoms with Crippen LogP contribution in [0.25, 0.3) is 0 Å².